The van der Waals surface area contributed by atoms with Gasteiger partial charge in [0.25, 0.3) is 5.91 Å². The van der Waals surface area contributed by atoms with Crippen LogP contribution in [0.1, 0.15) is 35.8 Å². The van der Waals surface area contributed by atoms with Crippen LogP contribution in [0.5, 0.6) is 11.8 Å². The molecule has 1 aliphatic heterocycles. The first kappa shape index (κ1) is 15.5. The van der Waals surface area contributed by atoms with Gasteiger partial charge in [0.2, 0.25) is 0 Å². The molecule has 5 heteroatoms. The SMILES string of the molecule is Cc1ccnc(Oc2cccc(C(=O)N3CCC[C@H](C)C3)c2)n1. The second-order valence-corrected chi connectivity index (χ2v) is 6.11. The third-order valence-electron chi connectivity index (χ3n) is 4.01. The zero-order valence-corrected chi connectivity index (χ0v) is 13.5. The normalized spacial score (nSPS) is 17.8. The first-order valence-electron chi connectivity index (χ1n) is 7.98. The van der Waals surface area contributed by atoms with Crippen LogP contribution in [0.3, 0.4) is 0 Å². The third kappa shape index (κ3) is 3.86. The standard InChI is InChI=1S/C18H21N3O2/c1-13-5-4-10-21(12-13)17(22)15-6-3-7-16(11-15)23-18-19-9-8-14(2)20-18/h3,6-9,11,13H,4-5,10,12H2,1-2H3/t13-/m0/s1. The zero-order chi connectivity index (χ0) is 16.2. The zero-order valence-electron chi connectivity index (χ0n) is 13.5. The topological polar surface area (TPSA) is 55.3 Å². The molecular formula is C18H21N3O2. The average molecular weight is 311 g/mol. The summed E-state index contributed by atoms with van der Waals surface area (Å²) in [5, 5.41) is 0. The van der Waals surface area contributed by atoms with Crippen molar-refractivity contribution in [1.82, 2.24) is 14.9 Å². The monoisotopic (exact) mass is 311 g/mol. The molecular weight excluding hydrogens is 290 g/mol. The van der Waals surface area contributed by atoms with Crippen molar-refractivity contribution in [3.8, 4) is 11.8 Å². The molecule has 23 heavy (non-hydrogen) atoms. The smallest absolute Gasteiger partial charge is 0.322 e. The Balaban J connectivity index is 1.75. The van der Waals surface area contributed by atoms with Crippen LogP contribution in [0.25, 0.3) is 0 Å². The maximum absolute atomic E-state index is 12.6. The van der Waals surface area contributed by atoms with E-state index in [1.807, 2.05) is 30.0 Å². The van der Waals surface area contributed by atoms with Crippen molar-refractivity contribution >= 4 is 5.91 Å². The highest BCUT2D eigenvalue weighted by molar-refractivity contribution is 5.94. The second-order valence-electron chi connectivity index (χ2n) is 6.11. The molecule has 0 aliphatic carbocycles. The number of likely N-dealkylation sites (tertiary alicyclic amines) is 1. The molecule has 1 fully saturated rings. The molecule has 1 aromatic heterocycles. The summed E-state index contributed by atoms with van der Waals surface area (Å²) in [6.07, 6.45) is 3.92. The van der Waals surface area contributed by atoms with Gasteiger partial charge < -0.3 is 9.64 Å². The molecule has 0 unspecified atom stereocenters. The van der Waals surface area contributed by atoms with Crippen molar-refractivity contribution in [2.24, 2.45) is 5.92 Å². The summed E-state index contributed by atoms with van der Waals surface area (Å²) in [4.78, 5) is 22.9. The number of hydrogen-bond donors (Lipinski definition) is 0. The van der Waals surface area contributed by atoms with Crippen LogP contribution in [0.15, 0.2) is 36.5 Å². The van der Waals surface area contributed by atoms with Crippen molar-refractivity contribution in [1.29, 1.82) is 0 Å². The summed E-state index contributed by atoms with van der Waals surface area (Å²) >= 11 is 0. The van der Waals surface area contributed by atoms with Gasteiger partial charge in [0.1, 0.15) is 5.75 Å². The van der Waals surface area contributed by atoms with Gasteiger partial charge in [0.05, 0.1) is 0 Å². The molecule has 1 amide bonds. The van der Waals surface area contributed by atoms with E-state index < -0.39 is 0 Å². The molecule has 0 saturated carbocycles. The number of aryl methyl sites for hydroxylation is 1. The fourth-order valence-corrected chi connectivity index (χ4v) is 2.83. The van der Waals surface area contributed by atoms with Gasteiger partial charge in [-0.1, -0.05) is 13.0 Å². The Hall–Kier alpha value is -2.43. The first-order chi connectivity index (χ1) is 11.1. The third-order valence-corrected chi connectivity index (χ3v) is 4.01. The Kier molecular flexibility index (Phi) is 4.55. The highest BCUT2D eigenvalue weighted by atomic mass is 16.5. The van der Waals surface area contributed by atoms with Crippen LogP contribution < -0.4 is 4.74 Å². The number of amides is 1. The Morgan fingerprint density at radius 3 is 3.00 bits per heavy atom. The lowest BCUT2D eigenvalue weighted by molar-refractivity contribution is 0.0682. The lowest BCUT2D eigenvalue weighted by Gasteiger charge is -2.31. The molecule has 0 radical (unpaired) electrons. The van der Waals surface area contributed by atoms with E-state index in [9.17, 15) is 4.79 Å². The lowest BCUT2D eigenvalue weighted by Crippen LogP contribution is -2.39. The van der Waals surface area contributed by atoms with Crippen LogP contribution in [0, 0.1) is 12.8 Å². The Labute approximate surface area is 136 Å². The van der Waals surface area contributed by atoms with Crippen molar-refractivity contribution in [2.45, 2.75) is 26.7 Å². The number of ether oxygens (including phenoxy) is 1. The first-order valence-corrected chi connectivity index (χ1v) is 7.98. The minimum absolute atomic E-state index is 0.0622. The highest BCUT2D eigenvalue weighted by Gasteiger charge is 2.22. The van der Waals surface area contributed by atoms with E-state index in [0.717, 1.165) is 25.2 Å². The Morgan fingerprint density at radius 2 is 2.22 bits per heavy atom. The molecule has 1 saturated heterocycles. The van der Waals surface area contributed by atoms with Crippen molar-refractivity contribution in [2.75, 3.05) is 13.1 Å². The molecule has 3 rings (SSSR count). The minimum atomic E-state index is 0.0622. The molecule has 1 aromatic carbocycles. The van der Waals surface area contributed by atoms with E-state index >= 15 is 0 Å². The summed E-state index contributed by atoms with van der Waals surface area (Å²) in [7, 11) is 0. The number of piperidine rings is 1. The predicted molar refractivity (Wildman–Crippen MR) is 87.6 cm³/mol. The summed E-state index contributed by atoms with van der Waals surface area (Å²) < 4.78 is 5.67. The van der Waals surface area contributed by atoms with Crippen LogP contribution in [0.2, 0.25) is 0 Å². The number of aromatic nitrogens is 2. The van der Waals surface area contributed by atoms with E-state index in [4.69, 9.17) is 4.74 Å². The molecule has 1 aliphatic rings. The van der Waals surface area contributed by atoms with Gasteiger partial charge in [-0.25, -0.2) is 9.97 Å². The molecule has 5 nitrogen and oxygen atoms in total. The highest BCUT2D eigenvalue weighted by Crippen LogP contribution is 2.22. The van der Waals surface area contributed by atoms with E-state index in [1.54, 1.807) is 18.3 Å². The van der Waals surface area contributed by atoms with Crippen LogP contribution in [-0.2, 0) is 0 Å². The molecule has 120 valence electrons. The summed E-state index contributed by atoms with van der Waals surface area (Å²) in [5.74, 6) is 1.20. The maximum Gasteiger partial charge on any atom is 0.322 e. The number of rotatable bonds is 3. The fourth-order valence-electron chi connectivity index (χ4n) is 2.83. The molecule has 1 atom stereocenters. The van der Waals surface area contributed by atoms with Gasteiger partial charge in [-0.3, -0.25) is 4.79 Å². The fraction of sp³-hybridized carbons (Fsp3) is 0.389. The van der Waals surface area contributed by atoms with E-state index in [-0.39, 0.29) is 5.91 Å². The summed E-state index contributed by atoms with van der Waals surface area (Å²) in [6.45, 7) is 5.72. The molecule has 2 heterocycles. The quantitative estimate of drug-likeness (QED) is 0.871. The number of hydrogen-bond acceptors (Lipinski definition) is 4. The van der Waals surface area contributed by atoms with Crippen molar-refractivity contribution in [3.63, 3.8) is 0 Å². The molecule has 2 aromatic rings. The van der Waals surface area contributed by atoms with E-state index in [2.05, 4.69) is 16.9 Å². The van der Waals surface area contributed by atoms with Crippen molar-refractivity contribution in [3.05, 3.63) is 47.8 Å². The predicted octanol–water partition coefficient (Wildman–Crippen LogP) is 3.45. The van der Waals surface area contributed by atoms with E-state index in [0.29, 0.717) is 23.2 Å². The molecule has 0 N–H and O–H groups in total. The summed E-state index contributed by atoms with van der Waals surface area (Å²) in [6, 6.07) is 9.32. The van der Waals surface area contributed by atoms with Gasteiger partial charge in [0.15, 0.2) is 0 Å². The molecule has 0 bridgehead atoms. The van der Waals surface area contributed by atoms with Crippen LogP contribution in [0.4, 0.5) is 0 Å². The number of benzene rings is 1. The minimum Gasteiger partial charge on any atom is -0.424 e. The largest absolute Gasteiger partial charge is 0.424 e. The maximum atomic E-state index is 12.6. The molecule has 0 spiro atoms. The van der Waals surface area contributed by atoms with Gasteiger partial charge in [-0.2, -0.15) is 0 Å². The van der Waals surface area contributed by atoms with Crippen molar-refractivity contribution < 1.29 is 9.53 Å². The van der Waals surface area contributed by atoms with Crippen LogP contribution >= 0.6 is 0 Å². The average Bonchev–Trinajstić information content (AvgIpc) is 2.54. The summed E-state index contributed by atoms with van der Waals surface area (Å²) in [5.41, 5.74) is 1.48. The Bertz CT molecular complexity index is 702. The van der Waals surface area contributed by atoms with Gasteiger partial charge in [-0.05, 0) is 49.9 Å². The van der Waals surface area contributed by atoms with Gasteiger partial charge in [-0.15, -0.1) is 0 Å². The second kappa shape index (κ2) is 6.77. The van der Waals surface area contributed by atoms with E-state index in [1.165, 1.54) is 6.42 Å². The van der Waals surface area contributed by atoms with Crippen LogP contribution in [-0.4, -0.2) is 33.9 Å². The Morgan fingerprint density at radius 1 is 1.35 bits per heavy atom. The number of nitrogens with zero attached hydrogens (tertiary/aromatic N) is 3. The number of carbonyl (C=O) groups is 1. The number of carbonyl (C=O) groups excluding carboxylic acids is 1. The van der Waals surface area contributed by atoms with Gasteiger partial charge >= 0.3 is 6.01 Å². The lowest BCUT2D eigenvalue weighted by atomic mass is 9.99. The van der Waals surface area contributed by atoms with Gasteiger partial charge in [0, 0.05) is 30.5 Å².